The Hall–Kier alpha value is -3.40. The number of hydrogen-bond donors (Lipinski definition) is 1. The Bertz CT molecular complexity index is 1060. The second-order valence-electron chi connectivity index (χ2n) is 8.22. The van der Waals surface area contributed by atoms with Crippen molar-refractivity contribution in [3.63, 3.8) is 0 Å². The third kappa shape index (κ3) is 4.70. The Labute approximate surface area is 194 Å². The molecule has 33 heavy (non-hydrogen) atoms. The molecule has 3 atom stereocenters. The number of nitrogens with one attached hydrogen (secondary N) is 1. The van der Waals surface area contributed by atoms with Gasteiger partial charge in [-0.05, 0) is 31.5 Å². The normalized spacial score (nSPS) is 22.7. The van der Waals surface area contributed by atoms with E-state index in [-0.39, 0.29) is 29.2 Å². The predicted octanol–water partition coefficient (Wildman–Crippen LogP) is 1.53. The molecule has 2 aliphatic rings. The number of pyridine rings is 1. The number of β-lactam (4-membered cyclic amide) rings is 1. The van der Waals surface area contributed by atoms with Gasteiger partial charge in [-0.2, -0.15) is 0 Å². The van der Waals surface area contributed by atoms with Gasteiger partial charge in [0.15, 0.2) is 0 Å². The molecule has 1 aromatic carbocycles. The molecule has 2 saturated heterocycles. The highest BCUT2D eigenvalue weighted by Crippen LogP contribution is 2.51. The minimum Gasteiger partial charge on any atom is -0.426 e. The van der Waals surface area contributed by atoms with Gasteiger partial charge >= 0.3 is 11.9 Å². The molecule has 0 radical (unpaired) electrons. The second-order valence-corrected chi connectivity index (χ2v) is 9.99. The molecule has 0 saturated carbocycles. The zero-order valence-corrected chi connectivity index (χ0v) is 18.9. The first-order chi connectivity index (χ1) is 15.8. The van der Waals surface area contributed by atoms with Crippen LogP contribution in [-0.2, 0) is 30.3 Å². The van der Waals surface area contributed by atoms with Crippen molar-refractivity contribution in [2.45, 2.75) is 42.5 Å². The number of thioether (sulfide) groups is 1. The lowest BCUT2D eigenvalue weighted by molar-refractivity contribution is -0.169. The van der Waals surface area contributed by atoms with Gasteiger partial charge in [0, 0.05) is 17.1 Å². The molecule has 0 bridgehead atoms. The number of hydrogen-bond acceptors (Lipinski definition) is 8. The van der Waals surface area contributed by atoms with Gasteiger partial charge in [0.25, 0.3) is 0 Å². The average molecular weight is 470 g/mol. The zero-order chi connectivity index (χ0) is 23.6. The molecule has 0 aliphatic carbocycles. The van der Waals surface area contributed by atoms with Gasteiger partial charge in [-0.15, -0.1) is 11.8 Å². The summed E-state index contributed by atoms with van der Waals surface area (Å²) in [5, 5.41) is 2.41. The van der Waals surface area contributed by atoms with Gasteiger partial charge in [0.1, 0.15) is 17.5 Å². The highest BCUT2D eigenvalue weighted by Gasteiger charge is 2.64. The van der Waals surface area contributed by atoms with E-state index in [1.54, 1.807) is 6.07 Å². The van der Waals surface area contributed by atoms with E-state index in [1.807, 2.05) is 44.2 Å². The van der Waals surface area contributed by atoms with Gasteiger partial charge in [-0.3, -0.25) is 14.6 Å². The molecule has 2 aliphatic heterocycles. The number of nitrogens with zero attached hydrogens (tertiary/aromatic N) is 2. The van der Waals surface area contributed by atoms with Gasteiger partial charge in [0.2, 0.25) is 18.6 Å². The number of carbonyl (C=O) groups excluding carboxylic acids is 4. The lowest BCUT2D eigenvalue weighted by Crippen LogP contribution is -2.70. The fourth-order valence-electron chi connectivity index (χ4n) is 3.92. The van der Waals surface area contributed by atoms with E-state index in [0.29, 0.717) is 0 Å². The lowest BCUT2D eigenvalue weighted by atomic mass is 9.96. The summed E-state index contributed by atoms with van der Waals surface area (Å²) in [6, 6.07) is 10.8. The van der Waals surface area contributed by atoms with Crippen LogP contribution in [0.15, 0.2) is 54.9 Å². The smallest absolute Gasteiger partial charge is 0.342 e. The molecular formula is C23H23N3O6S. The Kier molecular flexibility index (Phi) is 6.37. The third-order valence-corrected chi connectivity index (χ3v) is 7.05. The number of ether oxygens (including phenoxy) is 2. The number of esters is 2. The van der Waals surface area contributed by atoms with Crippen molar-refractivity contribution >= 4 is 35.5 Å². The van der Waals surface area contributed by atoms with Crippen LogP contribution >= 0.6 is 11.8 Å². The van der Waals surface area contributed by atoms with Crippen LogP contribution in [0.1, 0.15) is 29.8 Å². The van der Waals surface area contributed by atoms with Gasteiger partial charge < -0.3 is 19.7 Å². The first-order valence-electron chi connectivity index (χ1n) is 10.3. The maximum atomic E-state index is 12.8. The zero-order valence-electron chi connectivity index (χ0n) is 18.1. The largest absolute Gasteiger partial charge is 0.426 e. The van der Waals surface area contributed by atoms with Crippen LogP contribution in [0.3, 0.4) is 0 Å². The molecule has 2 amide bonds. The van der Waals surface area contributed by atoms with Crippen LogP contribution in [0.25, 0.3) is 0 Å². The summed E-state index contributed by atoms with van der Waals surface area (Å²) in [5.74, 6) is -1.94. The number of amides is 2. The summed E-state index contributed by atoms with van der Waals surface area (Å²) < 4.78 is 9.48. The van der Waals surface area contributed by atoms with E-state index in [0.717, 1.165) is 5.56 Å². The van der Waals surface area contributed by atoms with Crippen LogP contribution in [0.2, 0.25) is 0 Å². The van der Waals surface area contributed by atoms with Crippen LogP contribution in [0, 0.1) is 0 Å². The van der Waals surface area contributed by atoms with Crippen LogP contribution in [-0.4, -0.2) is 62.6 Å². The van der Waals surface area contributed by atoms with E-state index >= 15 is 0 Å². The molecule has 0 unspecified atom stereocenters. The summed E-state index contributed by atoms with van der Waals surface area (Å²) in [5.41, 5.74) is 1.08. The fourth-order valence-corrected chi connectivity index (χ4v) is 5.54. The Morgan fingerprint density at radius 1 is 1.12 bits per heavy atom. The van der Waals surface area contributed by atoms with E-state index in [9.17, 15) is 19.2 Å². The van der Waals surface area contributed by atoms with Crippen LogP contribution in [0.5, 0.6) is 0 Å². The van der Waals surface area contributed by atoms with Gasteiger partial charge in [-0.25, -0.2) is 9.59 Å². The molecule has 10 heteroatoms. The number of aromatic nitrogens is 1. The summed E-state index contributed by atoms with van der Waals surface area (Å²) >= 11 is 1.42. The first kappa shape index (κ1) is 22.8. The number of carbonyl (C=O) groups is 4. The number of rotatable bonds is 7. The van der Waals surface area contributed by atoms with Crippen molar-refractivity contribution in [1.82, 2.24) is 15.2 Å². The second kappa shape index (κ2) is 9.22. The third-order valence-electron chi connectivity index (χ3n) is 5.48. The van der Waals surface area contributed by atoms with Crippen LogP contribution in [0.4, 0.5) is 0 Å². The van der Waals surface area contributed by atoms with Crippen molar-refractivity contribution < 1.29 is 28.7 Å². The summed E-state index contributed by atoms with van der Waals surface area (Å²) in [4.78, 5) is 55.2. The first-order valence-corrected chi connectivity index (χ1v) is 11.2. The molecule has 9 nitrogen and oxygen atoms in total. The molecule has 2 aromatic rings. The highest BCUT2D eigenvalue weighted by molar-refractivity contribution is 8.01. The average Bonchev–Trinajstić information content (AvgIpc) is 3.06. The van der Waals surface area contributed by atoms with Gasteiger partial charge in [0.05, 0.1) is 12.0 Å². The SMILES string of the molecule is CC1(C)S[C@@H]2[C@H](NC(=O)Cc3ccccc3)C(=O)N2[C@H]1C(=O)OCOC(=O)c1cccnc1. The Morgan fingerprint density at radius 3 is 2.58 bits per heavy atom. The minimum atomic E-state index is -0.862. The Balaban J connectivity index is 1.32. The highest BCUT2D eigenvalue weighted by atomic mass is 32.2. The molecular weight excluding hydrogens is 446 g/mol. The molecule has 4 rings (SSSR count). The van der Waals surface area contributed by atoms with Crippen molar-refractivity contribution in [3.05, 3.63) is 66.0 Å². The van der Waals surface area contributed by atoms with Crippen LogP contribution < -0.4 is 5.32 Å². The maximum Gasteiger partial charge on any atom is 0.342 e. The topological polar surface area (TPSA) is 115 Å². The van der Waals surface area contributed by atoms with Crippen molar-refractivity contribution in [2.75, 3.05) is 6.79 Å². The molecule has 1 N–H and O–H groups in total. The summed E-state index contributed by atoms with van der Waals surface area (Å²) in [6.07, 6.45) is 3.03. The maximum absolute atomic E-state index is 12.8. The van der Waals surface area contributed by atoms with Gasteiger partial charge in [-0.1, -0.05) is 30.3 Å². The van der Waals surface area contributed by atoms with E-state index in [1.165, 1.54) is 35.1 Å². The molecule has 0 spiro atoms. The molecule has 172 valence electrons. The molecule has 3 heterocycles. The number of benzene rings is 1. The van der Waals surface area contributed by atoms with Crippen molar-refractivity contribution in [3.8, 4) is 0 Å². The fraction of sp³-hybridized carbons (Fsp3) is 0.348. The Morgan fingerprint density at radius 2 is 1.88 bits per heavy atom. The molecule has 1 aromatic heterocycles. The van der Waals surface area contributed by atoms with Crippen molar-refractivity contribution in [1.29, 1.82) is 0 Å². The predicted molar refractivity (Wildman–Crippen MR) is 119 cm³/mol. The monoisotopic (exact) mass is 469 g/mol. The number of fused-ring (bicyclic) bond motifs is 1. The minimum absolute atomic E-state index is 0.166. The standard InChI is InChI=1S/C23H23N3O6S/c1-23(2)18(22(30)32-13-31-21(29)15-9-6-10-24-12-15)26-19(28)17(20(26)33-23)25-16(27)11-14-7-4-3-5-8-14/h3-10,12,17-18,20H,11,13H2,1-2H3,(H,25,27)/t17-,18+,20-/m1/s1. The van der Waals surface area contributed by atoms with E-state index in [2.05, 4.69) is 10.3 Å². The molecule has 2 fully saturated rings. The lowest BCUT2D eigenvalue weighted by Gasteiger charge is -2.43. The quantitative estimate of drug-likeness (QED) is 0.369. The van der Waals surface area contributed by atoms with Crippen molar-refractivity contribution in [2.24, 2.45) is 0 Å². The summed E-state index contributed by atoms with van der Waals surface area (Å²) in [7, 11) is 0. The van der Waals surface area contributed by atoms with E-state index in [4.69, 9.17) is 9.47 Å². The summed E-state index contributed by atoms with van der Waals surface area (Å²) in [6.45, 7) is 3.09. The van der Waals surface area contributed by atoms with E-state index < -0.39 is 35.6 Å².